The summed E-state index contributed by atoms with van der Waals surface area (Å²) in [6, 6.07) is 8.48. The van der Waals surface area contributed by atoms with Gasteiger partial charge in [-0.25, -0.2) is 4.79 Å². The molecule has 6 heteroatoms. The predicted molar refractivity (Wildman–Crippen MR) is 97.3 cm³/mol. The van der Waals surface area contributed by atoms with Crippen LogP contribution in [-0.4, -0.2) is 39.2 Å². The maximum Gasteiger partial charge on any atom is 0.317 e. The second-order valence-electron chi connectivity index (χ2n) is 6.57. The SMILES string of the molecule is O=C(NCCc1cccc2[nH]ccc12)N1CCCC[C@@H]1c1cn[nH]c1. The highest BCUT2D eigenvalue weighted by Crippen LogP contribution is 2.30. The Balaban J connectivity index is 1.39. The second kappa shape index (κ2) is 7.01. The van der Waals surface area contributed by atoms with Crippen LogP contribution in [0.25, 0.3) is 10.9 Å². The average molecular weight is 337 g/mol. The van der Waals surface area contributed by atoms with Crippen LogP contribution < -0.4 is 5.32 Å². The number of benzene rings is 1. The highest BCUT2D eigenvalue weighted by atomic mass is 16.2. The highest BCUT2D eigenvalue weighted by molar-refractivity contribution is 5.83. The summed E-state index contributed by atoms with van der Waals surface area (Å²) in [5.41, 5.74) is 3.48. The molecule has 0 spiro atoms. The Hall–Kier alpha value is -2.76. The molecule has 25 heavy (non-hydrogen) atoms. The Kier molecular flexibility index (Phi) is 4.41. The van der Waals surface area contributed by atoms with Crippen LogP contribution in [0, 0.1) is 0 Å². The van der Waals surface area contributed by atoms with Crippen molar-refractivity contribution in [3.8, 4) is 0 Å². The van der Waals surface area contributed by atoms with E-state index in [1.54, 1.807) is 0 Å². The standard InChI is InChI=1S/C19H23N5O/c25-19(24-11-2-1-6-18(24)15-12-22-23-13-15)21-9-7-14-4-3-5-17-16(14)8-10-20-17/h3-5,8,10,12-13,18,20H,1-2,6-7,9,11H2,(H,21,25)(H,22,23)/t18-/m1/s1. The smallest absolute Gasteiger partial charge is 0.317 e. The first-order valence-electron chi connectivity index (χ1n) is 8.91. The third-order valence-electron chi connectivity index (χ3n) is 5.02. The van der Waals surface area contributed by atoms with Gasteiger partial charge in [0.25, 0.3) is 0 Å². The van der Waals surface area contributed by atoms with Crippen molar-refractivity contribution in [2.45, 2.75) is 31.7 Å². The number of likely N-dealkylation sites (tertiary alicyclic amines) is 1. The van der Waals surface area contributed by atoms with Crippen molar-refractivity contribution in [2.24, 2.45) is 0 Å². The first kappa shape index (κ1) is 15.7. The van der Waals surface area contributed by atoms with E-state index in [-0.39, 0.29) is 12.1 Å². The van der Waals surface area contributed by atoms with Crippen LogP contribution in [-0.2, 0) is 6.42 Å². The van der Waals surface area contributed by atoms with Crippen LogP contribution in [0.4, 0.5) is 4.79 Å². The van der Waals surface area contributed by atoms with E-state index in [1.165, 1.54) is 10.9 Å². The Labute approximate surface area is 146 Å². The molecule has 1 aromatic carbocycles. The molecule has 6 nitrogen and oxygen atoms in total. The van der Waals surface area contributed by atoms with Gasteiger partial charge in [0.1, 0.15) is 0 Å². The van der Waals surface area contributed by atoms with Crippen molar-refractivity contribution >= 4 is 16.9 Å². The summed E-state index contributed by atoms with van der Waals surface area (Å²) >= 11 is 0. The molecule has 2 aromatic heterocycles. The normalized spacial score (nSPS) is 17.8. The number of rotatable bonds is 4. The van der Waals surface area contributed by atoms with Crippen molar-refractivity contribution in [1.29, 1.82) is 0 Å². The zero-order chi connectivity index (χ0) is 17.1. The third-order valence-corrected chi connectivity index (χ3v) is 5.02. The number of carbonyl (C=O) groups is 1. The van der Waals surface area contributed by atoms with Crippen molar-refractivity contribution < 1.29 is 4.79 Å². The lowest BCUT2D eigenvalue weighted by Gasteiger charge is -2.35. The first-order valence-corrected chi connectivity index (χ1v) is 8.91. The predicted octanol–water partition coefficient (Wildman–Crippen LogP) is 3.37. The summed E-state index contributed by atoms with van der Waals surface area (Å²) in [6.45, 7) is 1.44. The molecule has 0 saturated carbocycles. The summed E-state index contributed by atoms with van der Waals surface area (Å²) in [6.07, 6.45) is 9.70. The quantitative estimate of drug-likeness (QED) is 0.682. The van der Waals surface area contributed by atoms with Gasteiger partial charge in [-0.1, -0.05) is 12.1 Å². The minimum atomic E-state index is 0.0205. The topological polar surface area (TPSA) is 76.8 Å². The van der Waals surface area contributed by atoms with Gasteiger partial charge in [-0.15, -0.1) is 0 Å². The Morgan fingerprint density at radius 1 is 1.32 bits per heavy atom. The molecule has 4 rings (SSSR count). The summed E-state index contributed by atoms with van der Waals surface area (Å²) in [5.74, 6) is 0. The Morgan fingerprint density at radius 3 is 3.16 bits per heavy atom. The number of aromatic nitrogens is 3. The van der Waals surface area contributed by atoms with Gasteiger partial charge in [0.05, 0.1) is 12.2 Å². The number of fused-ring (bicyclic) bond motifs is 1. The molecular formula is C19H23N5O. The Bertz CT molecular complexity index is 839. The zero-order valence-electron chi connectivity index (χ0n) is 14.2. The minimum absolute atomic E-state index is 0.0205. The lowest BCUT2D eigenvalue weighted by molar-refractivity contribution is 0.151. The lowest BCUT2D eigenvalue weighted by atomic mass is 9.98. The Morgan fingerprint density at radius 2 is 2.28 bits per heavy atom. The maximum atomic E-state index is 12.7. The zero-order valence-corrected chi connectivity index (χ0v) is 14.2. The van der Waals surface area contributed by atoms with Gasteiger partial charge in [0.15, 0.2) is 0 Å². The molecule has 3 N–H and O–H groups in total. The van der Waals surface area contributed by atoms with Crippen molar-refractivity contribution in [1.82, 2.24) is 25.4 Å². The van der Waals surface area contributed by atoms with Crippen molar-refractivity contribution in [3.63, 3.8) is 0 Å². The molecule has 130 valence electrons. The molecule has 2 amide bonds. The van der Waals surface area contributed by atoms with E-state index < -0.39 is 0 Å². The number of H-pyrrole nitrogens is 2. The van der Waals surface area contributed by atoms with Gasteiger partial charge < -0.3 is 15.2 Å². The number of aromatic amines is 2. The van der Waals surface area contributed by atoms with E-state index >= 15 is 0 Å². The molecule has 0 aliphatic carbocycles. The second-order valence-corrected chi connectivity index (χ2v) is 6.57. The molecule has 1 aliphatic rings. The molecule has 1 atom stereocenters. The van der Waals surface area contributed by atoms with E-state index in [0.717, 1.165) is 43.3 Å². The molecule has 0 unspecified atom stereocenters. The fourth-order valence-electron chi connectivity index (χ4n) is 3.74. The molecule has 0 bridgehead atoms. The largest absolute Gasteiger partial charge is 0.361 e. The van der Waals surface area contributed by atoms with Crippen LogP contribution in [0.15, 0.2) is 42.9 Å². The van der Waals surface area contributed by atoms with E-state index in [1.807, 2.05) is 23.5 Å². The summed E-state index contributed by atoms with van der Waals surface area (Å²) in [5, 5.41) is 11.2. The van der Waals surface area contributed by atoms with Crippen LogP contribution >= 0.6 is 0 Å². The van der Waals surface area contributed by atoms with Gasteiger partial charge in [0.2, 0.25) is 0 Å². The van der Waals surface area contributed by atoms with E-state index in [4.69, 9.17) is 0 Å². The number of amides is 2. The highest BCUT2D eigenvalue weighted by Gasteiger charge is 2.28. The number of nitrogens with zero attached hydrogens (tertiary/aromatic N) is 2. The molecular weight excluding hydrogens is 314 g/mol. The average Bonchev–Trinajstić information content (AvgIpc) is 3.33. The maximum absolute atomic E-state index is 12.7. The number of hydrogen-bond acceptors (Lipinski definition) is 2. The first-order chi connectivity index (χ1) is 12.3. The monoisotopic (exact) mass is 337 g/mol. The molecule has 3 heterocycles. The van der Waals surface area contributed by atoms with Crippen LogP contribution in [0.3, 0.4) is 0 Å². The van der Waals surface area contributed by atoms with Gasteiger partial charge in [-0.2, -0.15) is 5.10 Å². The molecule has 1 saturated heterocycles. The van der Waals surface area contributed by atoms with E-state index in [2.05, 4.69) is 44.8 Å². The van der Waals surface area contributed by atoms with Gasteiger partial charge in [-0.3, -0.25) is 5.10 Å². The van der Waals surface area contributed by atoms with Gasteiger partial charge in [-0.05, 0) is 43.4 Å². The van der Waals surface area contributed by atoms with Crippen molar-refractivity contribution in [2.75, 3.05) is 13.1 Å². The lowest BCUT2D eigenvalue weighted by Crippen LogP contribution is -2.45. The van der Waals surface area contributed by atoms with Gasteiger partial charge in [0, 0.05) is 41.9 Å². The molecule has 0 radical (unpaired) electrons. The number of carbonyl (C=O) groups excluding carboxylic acids is 1. The number of hydrogen-bond donors (Lipinski definition) is 3. The fourth-order valence-corrected chi connectivity index (χ4v) is 3.74. The number of piperidine rings is 1. The van der Waals surface area contributed by atoms with Crippen LogP contribution in [0.1, 0.15) is 36.4 Å². The van der Waals surface area contributed by atoms with Gasteiger partial charge >= 0.3 is 6.03 Å². The summed E-state index contributed by atoms with van der Waals surface area (Å²) in [4.78, 5) is 17.9. The number of urea groups is 1. The molecule has 3 aromatic rings. The molecule has 1 fully saturated rings. The minimum Gasteiger partial charge on any atom is -0.361 e. The van der Waals surface area contributed by atoms with Crippen LogP contribution in [0.5, 0.6) is 0 Å². The molecule has 1 aliphatic heterocycles. The van der Waals surface area contributed by atoms with E-state index in [9.17, 15) is 4.79 Å². The van der Waals surface area contributed by atoms with Crippen LogP contribution in [0.2, 0.25) is 0 Å². The van der Waals surface area contributed by atoms with Crippen molar-refractivity contribution in [3.05, 3.63) is 54.0 Å². The third kappa shape index (κ3) is 3.24. The summed E-state index contributed by atoms with van der Waals surface area (Å²) in [7, 11) is 0. The number of nitrogens with one attached hydrogen (secondary N) is 3. The van der Waals surface area contributed by atoms with E-state index in [0.29, 0.717) is 6.54 Å². The summed E-state index contributed by atoms with van der Waals surface area (Å²) < 4.78 is 0. The fraction of sp³-hybridized carbons (Fsp3) is 0.368.